The number of aromatic nitrogens is 2. The summed E-state index contributed by atoms with van der Waals surface area (Å²) in [6.07, 6.45) is 1.81. The van der Waals surface area contributed by atoms with Crippen LogP contribution in [0.2, 0.25) is 0 Å². The van der Waals surface area contributed by atoms with Gasteiger partial charge in [0.05, 0.1) is 15.7 Å². The van der Waals surface area contributed by atoms with E-state index in [9.17, 15) is 0 Å². The van der Waals surface area contributed by atoms with Crippen LogP contribution in [0.3, 0.4) is 0 Å². The fourth-order valence-corrected chi connectivity index (χ4v) is 3.49. The van der Waals surface area contributed by atoms with E-state index in [4.69, 9.17) is 0 Å². The second kappa shape index (κ2) is 5.09. The first-order valence-electron chi connectivity index (χ1n) is 6.46. The summed E-state index contributed by atoms with van der Waals surface area (Å²) in [7, 11) is 0. The van der Waals surface area contributed by atoms with Gasteiger partial charge in [-0.15, -0.1) is 0 Å². The molecule has 0 aliphatic carbocycles. The Labute approximate surface area is 133 Å². The molecule has 0 amide bonds. The van der Waals surface area contributed by atoms with E-state index in [-0.39, 0.29) is 0 Å². The van der Waals surface area contributed by atoms with Gasteiger partial charge in [0.1, 0.15) is 0 Å². The van der Waals surface area contributed by atoms with E-state index >= 15 is 0 Å². The molecule has 0 saturated carbocycles. The predicted molar refractivity (Wildman–Crippen MR) is 92.3 cm³/mol. The number of nitrogens with one attached hydrogen (secondary N) is 1. The second-order valence-electron chi connectivity index (χ2n) is 4.63. The van der Waals surface area contributed by atoms with Crippen LogP contribution in [0.25, 0.3) is 21.1 Å². The van der Waals surface area contributed by atoms with Crippen molar-refractivity contribution in [2.24, 2.45) is 0 Å². The molecular weight excluding hydrogens is 346 g/mol. The van der Waals surface area contributed by atoms with Crippen LogP contribution in [-0.4, -0.2) is 9.97 Å². The Morgan fingerprint density at radius 2 is 1.95 bits per heavy atom. The van der Waals surface area contributed by atoms with Crippen LogP contribution < -0.4 is 5.32 Å². The van der Waals surface area contributed by atoms with Crippen LogP contribution in [0.15, 0.2) is 59.2 Å². The first kappa shape index (κ1) is 12.7. The van der Waals surface area contributed by atoms with E-state index in [2.05, 4.69) is 43.3 Å². The molecule has 2 aromatic heterocycles. The predicted octanol–water partition coefficient (Wildman–Crippen LogP) is 5.35. The summed E-state index contributed by atoms with van der Waals surface area (Å²) in [4.78, 5) is 9.01. The zero-order chi connectivity index (χ0) is 14.2. The van der Waals surface area contributed by atoms with E-state index in [1.807, 2.05) is 36.4 Å². The van der Waals surface area contributed by atoms with Gasteiger partial charge in [0.25, 0.3) is 0 Å². The summed E-state index contributed by atoms with van der Waals surface area (Å²) in [6, 6.07) is 16.2. The maximum absolute atomic E-state index is 4.63. The molecule has 0 bridgehead atoms. The SMILES string of the molecule is Brc1ccc2sc(Nc3cccc4ncccc34)nc2c1. The maximum Gasteiger partial charge on any atom is 0.188 e. The molecule has 0 saturated heterocycles. The van der Waals surface area contributed by atoms with Crippen LogP contribution in [0.5, 0.6) is 0 Å². The second-order valence-corrected chi connectivity index (χ2v) is 6.58. The zero-order valence-electron chi connectivity index (χ0n) is 10.9. The highest BCUT2D eigenvalue weighted by Crippen LogP contribution is 2.32. The Morgan fingerprint density at radius 3 is 2.90 bits per heavy atom. The number of nitrogens with zero attached hydrogens (tertiary/aromatic N) is 2. The smallest absolute Gasteiger partial charge is 0.188 e. The Morgan fingerprint density at radius 1 is 1.00 bits per heavy atom. The van der Waals surface area contributed by atoms with Gasteiger partial charge in [-0.2, -0.15) is 0 Å². The average Bonchev–Trinajstić information content (AvgIpc) is 2.89. The molecule has 1 N–H and O–H groups in total. The normalized spacial score (nSPS) is 11.1. The lowest BCUT2D eigenvalue weighted by Gasteiger charge is -2.06. The lowest BCUT2D eigenvalue weighted by atomic mass is 10.2. The number of thiazole rings is 1. The standard InChI is InChI=1S/C16H10BrN3S/c17-10-6-7-15-14(9-10)20-16(21-15)19-13-5-1-4-12-11(13)3-2-8-18-12/h1-9H,(H,19,20). The van der Waals surface area contributed by atoms with Crippen molar-refractivity contribution in [3.63, 3.8) is 0 Å². The molecule has 102 valence electrons. The van der Waals surface area contributed by atoms with Gasteiger partial charge in [-0.3, -0.25) is 4.98 Å². The van der Waals surface area contributed by atoms with E-state index in [0.717, 1.165) is 31.7 Å². The first-order chi connectivity index (χ1) is 10.3. The van der Waals surface area contributed by atoms with Crippen LogP contribution in [0.4, 0.5) is 10.8 Å². The molecule has 0 unspecified atom stereocenters. The minimum absolute atomic E-state index is 0.888. The molecule has 2 aromatic carbocycles. The summed E-state index contributed by atoms with van der Waals surface area (Å²) >= 11 is 5.12. The van der Waals surface area contributed by atoms with Gasteiger partial charge >= 0.3 is 0 Å². The van der Waals surface area contributed by atoms with Gasteiger partial charge in [0.15, 0.2) is 5.13 Å². The largest absolute Gasteiger partial charge is 0.331 e. The average molecular weight is 356 g/mol. The van der Waals surface area contributed by atoms with Gasteiger partial charge in [-0.25, -0.2) is 4.98 Å². The fourth-order valence-electron chi connectivity index (χ4n) is 2.28. The minimum Gasteiger partial charge on any atom is -0.331 e. The van der Waals surface area contributed by atoms with Crippen molar-refractivity contribution in [3.8, 4) is 0 Å². The fraction of sp³-hybridized carbons (Fsp3) is 0. The van der Waals surface area contributed by atoms with E-state index < -0.39 is 0 Å². The van der Waals surface area contributed by atoms with E-state index in [1.54, 1.807) is 17.5 Å². The third kappa shape index (κ3) is 2.39. The number of rotatable bonds is 2. The maximum atomic E-state index is 4.63. The number of hydrogen-bond acceptors (Lipinski definition) is 4. The molecule has 0 fully saturated rings. The van der Waals surface area contributed by atoms with Crippen molar-refractivity contribution >= 4 is 59.2 Å². The number of hydrogen-bond donors (Lipinski definition) is 1. The third-order valence-corrected chi connectivity index (χ3v) is 4.68. The molecule has 3 nitrogen and oxygen atoms in total. The lowest BCUT2D eigenvalue weighted by molar-refractivity contribution is 1.40. The molecule has 0 aliphatic heterocycles. The number of fused-ring (bicyclic) bond motifs is 2. The van der Waals surface area contributed by atoms with E-state index in [0.29, 0.717) is 0 Å². The highest BCUT2D eigenvalue weighted by atomic mass is 79.9. The number of anilines is 2. The molecule has 4 aromatic rings. The topological polar surface area (TPSA) is 37.8 Å². The first-order valence-corrected chi connectivity index (χ1v) is 8.07. The third-order valence-electron chi connectivity index (χ3n) is 3.24. The Bertz CT molecular complexity index is 943. The molecule has 2 heterocycles. The quantitative estimate of drug-likeness (QED) is 0.526. The molecule has 21 heavy (non-hydrogen) atoms. The number of benzene rings is 2. The lowest BCUT2D eigenvalue weighted by Crippen LogP contribution is -1.91. The highest BCUT2D eigenvalue weighted by Gasteiger charge is 2.06. The minimum atomic E-state index is 0.888. The molecule has 5 heteroatoms. The molecular formula is C16H10BrN3S. The van der Waals surface area contributed by atoms with Crippen molar-refractivity contribution in [1.29, 1.82) is 0 Å². The summed E-state index contributed by atoms with van der Waals surface area (Å²) in [5.74, 6) is 0. The van der Waals surface area contributed by atoms with Crippen molar-refractivity contribution in [1.82, 2.24) is 9.97 Å². The van der Waals surface area contributed by atoms with Crippen LogP contribution in [-0.2, 0) is 0 Å². The summed E-state index contributed by atoms with van der Waals surface area (Å²) < 4.78 is 2.21. The monoisotopic (exact) mass is 355 g/mol. The van der Waals surface area contributed by atoms with Crippen molar-refractivity contribution in [2.75, 3.05) is 5.32 Å². The molecule has 0 spiro atoms. The van der Waals surface area contributed by atoms with Gasteiger partial charge in [-0.05, 0) is 42.5 Å². The van der Waals surface area contributed by atoms with Crippen molar-refractivity contribution in [2.45, 2.75) is 0 Å². The summed E-state index contributed by atoms with van der Waals surface area (Å²) in [5, 5.41) is 5.39. The number of halogens is 1. The van der Waals surface area contributed by atoms with Gasteiger partial charge in [0, 0.05) is 21.7 Å². The van der Waals surface area contributed by atoms with Gasteiger partial charge < -0.3 is 5.32 Å². The molecule has 0 aliphatic rings. The van der Waals surface area contributed by atoms with Crippen molar-refractivity contribution < 1.29 is 0 Å². The molecule has 0 atom stereocenters. The van der Waals surface area contributed by atoms with Crippen LogP contribution in [0.1, 0.15) is 0 Å². The van der Waals surface area contributed by atoms with E-state index in [1.165, 1.54) is 4.70 Å². The molecule has 4 rings (SSSR count). The summed E-state index contributed by atoms with van der Waals surface area (Å²) in [6.45, 7) is 0. The zero-order valence-corrected chi connectivity index (χ0v) is 13.3. The van der Waals surface area contributed by atoms with Crippen LogP contribution >= 0.6 is 27.3 Å². The highest BCUT2D eigenvalue weighted by molar-refractivity contribution is 9.10. The van der Waals surface area contributed by atoms with Crippen LogP contribution in [0, 0.1) is 0 Å². The Balaban J connectivity index is 1.79. The summed E-state index contributed by atoms with van der Waals surface area (Å²) in [5.41, 5.74) is 3.00. The van der Waals surface area contributed by atoms with Crippen molar-refractivity contribution in [3.05, 3.63) is 59.2 Å². The van der Waals surface area contributed by atoms with Gasteiger partial charge in [-0.1, -0.05) is 33.3 Å². The Hall–Kier alpha value is -1.98. The Kier molecular flexibility index (Phi) is 3.09. The van der Waals surface area contributed by atoms with Gasteiger partial charge in [0.2, 0.25) is 0 Å². The number of pyridine rings is 1. The molecule has 0 radical (unpaired) electrons.